The van der Waals surface area contributed by atoms with Crippen molar-refractivity contribution in [3.63, 3.8) is 0 Å². The summed E-state index contributed by atoms with van der Waals surface area (Å²) in [4.78, 5) is 31.6. The molecule has 0 atom stereocenters. The van der Waals surface area contributed by atoms with Gasteiger partial charge in [-0.15, -0.1) is 0 Å². The van der Waals surface area contributed by atoms with Crippen LogP contribution in [-0.2, 0) is 4.74 Å². The molecule has 0 aliphatic rings. The molecule has 7 nitrogen and oxygen atoms in total. The molecular weight excluding hydrogens is 228 g/mol. The zero-order chi connectivity index (χ0) is 12.8. The lowest BCUT2D eigenvalue weighted by atomic mass is 10.2. The number of hydrogen-bond acceptors (Lipinski definition) is 5. The Kier molecular flexibility index (Phi) is 4.15. The Bertz CT molecular complexity index is 458. The average molecular weight is 238 g/mol. The second-order valence-corrected chi connectivity index (χ2v) is 3.00. The number of nitrogens with zero attached hydrogens (tertiary/aromatic N) is 1. The van der Waals surface area contributed by atoms with E-state index < -0.39 is 11.0 Å². The van der Waals surface area contributed by atoms with E-state index in [0.29, 0.717) is 6.29 Å². The Morgan fingerprint density at radius 3 is 2.82 bits per heavy atom. The van der Waals surface area contributed by atoms with Crippen molar-refractivity contribution in [3.05, 3.63) is 33.9 Å². The first-order valence-electron chi connectivity index (χ1n) is 4.76. The number of aldehydes is 1. The van der Waals surface area contributed by atoms with Crippen molar-refractivity contribution in [2.45, 2.75) is 6.92 Å². The van der Waals surface area contributed by atoms with Crippen LogP contribution in [0, 0.1) is 10.1 Å². The Labute approximate surface area is 96.5 Å². The van der Waals surface area contributed by atoms with E-state index in [1.165, 1.54) is 12.1 Å². The van der Waals surface area contributed by atoms with E-state index >= 15 is 0 Å². The summed E-state index contributed by atoms with van der Waals surface area (Å²) >= 11 is 0. The predicted octanol–water partition coefficient (Wildman–Crippen LogP) is 1.98. The van der Waals surface area contributed by atoms with Crippen molar-refractivity contribution in [2.75, 3.05) is 11.9 Å². The second kappa shape index (κ2) is 5.59. The topological polar surface area (TPSA) is 98.5 Å². The van der Waals surface area contributed by atoms with Crippen LogP contribution in [0.3, 0.4) is 0 Å². The highest BCUT2D eigenvalue weighted by Gasteiger charge is 2.16. The van der Waals surface area contributed by atoms with Gasteiger partial charge in [0.2, 0.25) is 0 Å². The number of amides is 1. The number of rotatable bonds is 4. The minimum absolute atomic E-state index is 0.0148. The maximum atomic E-state index is 11.1. The van der Waals surface area contributed by atoms with Gasteiger partial charge >= 0.3 is 6.09 Å². The third-order valence-corrected chi connectivity index (χ3v) is 1.87. The standard InChI is InChI=1S/C10H10N2O5/c1-2-17-10(14)11-8-4-3-7(6-13)5-9(8)12(15)16/h3-6H,2H2,1H3,(H,11,14). The summed E-state index contributed by atoms with van der Waals surface area (Å²) in [5.41, 5.74) is -0.215. The van der Waals surface area contributed by atoms with Crippen molar-refractivity contribution in [1.29, 1.82) is 0 Å². The molecule has 17 heavy (non-hydrogen) atoms. The van der Waals surface area contributed by atoms with E-state index in [0.717, 1.165) is 6.07 Å². The molecule has 0 saturated carbocycles. The van der Waals surface area contributed by atoms with Gasteiger partial charge in [-0.25, -0.2) is 4.79 Å². The van der Waals surface area contributed by atoms with E-state index in [1.807, 2.05) is 0 Å². The molecule has 0 aliphatic heterocycles. The highest BCUT2D eigenvalue weighted by Crippen LogP contribution is 2.25. The SMILES string of the molecule is CCOC(=O)Nc1ccc(C=O)cc1[N+](=O)[O-]. The van der Waals surface area contributed by atoms with Crippen LogP contribution in [0.4, 0.5) is 16.2 Å². The Balaban J connectivity index is 3.02. The molecule has 1 aromatic rings. The lowest BCUT2D eigenvalue weighted by Crippen LogP contribution is -2.14. The fourth-order valence-electron chi connectivity index (χ4n) is 1.16. The summed E-state index contributed by atoms with van der Waals surface area (Å²) < 4.78 is 4.59. The molecular formula is C10H10N2O5. The number of carbonyl (C=O) groups is 2. The van der Waals surface area contributed by atoms with Gasteiger partial charge in [-0.2, -0.15) is 0 Å². The molecule has 1 aromatic carbocycles. The number of nitro groups is 1. The fourth-order valence-corrected chi connectivity index (χ4v) is 1.16. The zero-order valence-electron chi connectivity index (χ0n) is 9.00. The van der Waals surface area contributed by atoms with Crippen LogP contribution in [-0.4, -0.2) is 23.9 Å². The smallest absolute Gasteiger partial charge is 0.411 e. The molecule has 90 valence electrons. The summed E-state index contributed by atoms with van der Waals surface area (Å²) in [6.07, 6.45) is -0.296. The lowest BCUT2D eigenvalue weighted by Gasteiger charge is -2.05. The molecule has 0 fully saturated rings. The first-order chi connectivity index (χ1) is 8.08. The van der Waals surface area contributed by atoms with Crippen molar-refractivity contribution in [1.82, 2.24) is 0 Å². The Hall–Kier alpha value is -2.44. The van der Waals surface area contributed by atoms with E-state index in [4.69, 9.17) is 0 Å². The molecule has 7 heteroatoms. The Morgan fingerprint density at radius 1 is 1.59 bits per heavy atom. The van der Waals surface area contributed by atoms with Crippen LogP contribution >= 0.6 is 0 Å². The minimum Gasteiger partial charge on any atom is -0.450 e. The lowest BCUT2D eigenvalue weighted by molar-refractivity contribution is -0.383. The van der Waals surface area contributed by atoms with Crippen LogP contribution in [0.1, 0.15) is 17.3 Å². The maximum absolute atomic E-state index is 11.1. The van der Waals surface area contributed by atoms with Crippen LogP contribution in [0.25, 0.3) is 0 Å². The Morgan fingerprint density at radius 2 is 2.29 bits per heavy atom. The van der Waals surface area contributed by atoms with Gasteiger partial charge in [-0.1, -0.05) is 0 Å². The van der Waals surface area contributed by atoms with Gasteiger partial charge in [0.1, 0.15) is 12.0 Å². The third-order valence-electron chi connectivity index (χ3n) is 1.87. The summed E-state index contributed by atoms with van der Waals surface area (Å²) in [6, 6.07) is 3.72. The first-order valence-corrected chi connectivity index (χ1v) is 4.76. The number of benzene rings is 1. The molecule has 0 radical (unpaired) electrons. The summed E-state index contributed by atoms with van der Waals surface area (Å²) in [5.74, 6) is 0. The van der Waals surface area contributed by atoms with Gasteiger partial charge in [0, 0.05) is 11.6 Å². The van der Waals surface area contributed by atoms with Crippen LogP contribution < -0.4 is 5.32 Å². The van der Waals surface area contributed by atoms with Crippen molar-refractivity contribution < 1.29 is 19.2 Å². The molecule has 0 spiro atoms. The number of carbonyl (C=O) groups excluding carboxylic acids is 2. The van der Waals surface area contributed by atoms with Gasteiger partial charge < -0.3 is 4.74 Å². The molecule has 1 N–H and O–H groups in total. The maximum Gasteiger partial charge on any atom is 0.411 e. The highest BCUT2D eigenvalue weighted by atomic mass is 16.6. The number of nitro benzene ring substituents is 1. The predicted molar refractivity (Wildman–Crippen MR) is 59.1 cm³/mol. The minimum atomic E-state index is -0.783. The van der Waals surface area contributed by atoms with Gasteiger partial charge in [-0.05, 0) is 19.1 Å². The second-order valence-electron chi connectivity index (χ2n) is 3.00. The third kappa shape index (κ3) is 3.26. The van der Waals surface area contributed by atoms with E-state index in [9.17, 15) is 19.7 Å². The van der Waals surface area contributed by atoms with Gasteiger partial charge in [0.25, 0.3) is 5.69 Å². The molecule has 0 saturated heterocycles. The molecule has 1 amide bonds. The molecule has 0 aliphatic carbocycles. The first kappa shape index (κ1) is 12.6. The van der Waals surface area contributed by atoms with E-state index in [2.05, 4.69) is 10.1 Å². The number of hydrogen-bond donors (Lipinski definition) is 1. The summed E-state index contributed by atoms with van der Waals surface area (Å²) in [7, 11) is 0. The largest absolute Gasteiger partial charge is 0.450 e. The highest BCUT2D eigenvalue weighted by molar-refractivity contribution is 5.89. The average Bonchev–Trinajstić information content (AvgIpc) is 2.29. The van der Waals surface area contributed by atoms with Crippen molar-refractivity contribution >= 4 is 23.8 Å². The number of ether oxygens (including phenoxy) is 1. The molecule has 0 heterocycles. The van der Waals surface area contributed by atoms with Gasteiger partial charge in [-0.3, -0.25) is 20.2 Å². The van der Waals surface area contributed by atoms with Gasteiger partial charge in [0.05, 0.1) is 11.5 Å². The normalized spacial score (nSPS) is 9.47. The van der Waals surface area contributed by atoms with E-state index in [-0.39, 0.29) is 23.5 Å². The molecule has 0 unspecified atom stereocenters. The van der Waals surface area contributed by atoms with Gasteiger partial charge in [0.15, 0.2) is 0 Å². The monoisotopic (exact) mass is 238 g/mol. The van der Waals surface area contributed by atoms with Crippen molar-refractivity contribution in [3.8, 4) is 0 Å². The van der Waals surface area contributed by atoms with Crippen molar-refractivity contribution in [2.24, 2.45) is 0 Å². The molecule has 0 aromatic heterocycles. The quantitative estimate of drug-likeness (QED) is 0.491. The number of nitrogens with one attached hydrogen (secondary N) is 1. The summed E-state index contributed by atoms with van der Waals surface area (Å²) in [6.45, 7) is 1.77. The van der Waals surface area contributed by atoms with Crippen LogP contribution in [0.5, 0.6) is 0 Å². The van der Waals surface area contributed by atoms with E-state index in [1.54, 1.807) is 6.92 Å². The number of anilines is 1. The summed E-state index contributed by atoms with van der Waals surface area (Å²) in [5, 5.41) is 13.0. The fraction of sp³-hybridized carbons (Fsp3) is 0.200. The van der Waals surface area contributed by atoms with Crippen LogP contribution in [0.15, 0.2) is 18.2 Å². The molecule has 1 rings (SSSR count). The molecule has 0 bridgehead atoms. The van der Waals surface area contributed by atoms with Crippen LogP contribution in [0.2, 0.25) is 0 Å². The zero-order valence-corrected chi connectivity index (χ0v) is 9.00.